The van der Waals surface area contributed by atoms with Crippen LogP contribution >= 0.6 is 0 Å². The molecule has 2 amide bonds. The van der Waals surface area contributed by atoms with Crippen LogP contribution in [-0.2, 0) is 4.79 Å². The molecule has 0 unspecified atom stereocenters. The average Bonchev–Trinajstić information content (AvgIpc) is 2.78. The molecule has 31 heavy (non-hydrogen) atoms. The SMILES string of the molecule is CCN(CC)[C@H](CCCCNC(=O)c1ccccc1)C(=O)N/N=C/c1cccc(F)c1. The van der Waals surface area contributed by atoms with E-state index in [1.807, 2.05) is 32.0 Å². The van der Waals surface area contributed by atoms with Gasteiger partial charge in [0.25, 0.3) is 11.8 Å². The Morgan fingerprint density at radius 2 is 1.81 bits per heavy atom. The molecule has 166 valence electrons. The molecule has 2 N–H and O–H groups in total. The van der Waals surface area contributed by atoms with Crippen molar-refractivity contribution in [3.05, 3.63) is 71.5 Å². The third-order valence-corrected chi connectivity index (χ3v) is 5.02. The summed E-state index contributed by atoms with van der Waals surface area (Å²) in [6, 6.07) is 14.8. The van der Waals surface area contributed by atoms with Crippen LogP contribution in [0.5, 0.6) is 0 Å². The number of rotatable bonds is 12. The minimum atomic E-state index is -0.351. The van der Waals surface area contributed by atoms with Crippen molar-refractivity contribution in [2.75, 3.05) is 19.6 Å². The zero-order chi connectivity index (χ0) is 22.5. The highest BCUT2D eigenvalue weighted by atomic mass is 19.1. The van der Waals surface area contributed by atoms with Crippen LogP contribution in [0, 0.1) is 5.82 Å². The quantitative estimate of drug-likeness (QED) is 0.309. The number of hydrogen-bond donors (Lipinski definition) is 2. The molecule has 0 aliphatic carbocycles. The van der Waals surface area contributed by atoms with E-state index in [-0.39, 0.29) is 23.7 Å². The lowest BCUT2D eigenvalue weighted by Gasteiger charge is -2.28. The van der Waals surface area contributed by atoms with E-state index < -0.39 is 0 Å². The minimum absolute atomic E-state index is 0.0923. The summed E-state index contributed by atoms with van der Waals surface area (Å²) in [6.07, 6.45) is 3.65. The van der Waals surface area contributed by atoms with E-state index in [0.29, 0.717) is 24.1 Å². The number of hydrogen-bond acceptors (Lipinski definition) is 4. The van der Waals surface area contributed by atoms with Crippen LogP contribution in [0.15, 0.2) is 59.7 Å². The first kappa shape index (κ1) is 24.2. The van der Waals surface area contributed by atoms with Gasteiger partial charge in [-0.25, -0.2) is 9.82 Å². The maximum absolute atomic E-state index is 13.2. The number of carbonyl (C=O) groups is 2. The van der Waals surface area contributed by atoms with Gasteiger partial charge in [-0.1, -0.05) is 44.2 Å². The smallest absolute Gasteiger partial charge is 0.257 e. The summed E-state index contributed by atoms with van der Waals surface area (Å²) in [7, 11) is 0. The van der Waals surface area contributed by atoms with Crippen LogP contribution in [0.1, 0.15) is 49.0 Å². The van der Waals surface area contributed by atoms with E-state index in [1.165, 1.54) is 18.3 Å². The summed E-state index contributed by atoms with van der Waals surface area (Å²) < 4.78 is 13.2. The van der Waals surface area contributed by atoms with Crippen LogP contribution in [0.25, 0.3) is 0 Å². The summed E-state index contributed by atoms with van der Waals surface area (Å²) >= 11 is 0. The van der Waals surface area contributed by atoms with E-state index >= 15 is 0 Å². The Labute approximate surface area is 183 Å². The summed E-state index contributed by atoms with van der Waals surface area (Å²) in [5.74, 6) is -0.634. The number of carbonyl (C=O) groups excluding carboxylic acids is 2. The van der Waals surface area contributed by atoms with Gasteiger partial charge >= 0.3 is 0 Å². The Morgan fingerprint density at radius 3 is 2.48 bits per heavy atom. The molecular formula is C24H31FN4O2. The van der Waals surface area contributed by atoms with Crippen molar-refractivity contribution in [2.24, 2.45) is 5.10 Å². The Bertz CT molecular complexity index is 854. The monoisotopic (exact) mass is 426 g/mol. The Balaban J connectivity index is 1.82. The first-order valence-electron chi connectivity index (χ1n) is 10.7. The summed E-state index contributed by atoms with van der Waals surface area (Å²) in [5, 5.41) is 6.89. The Hall–Kier alpha value is -3.06. The van der Waals surface area contributed by atoms with Gasteiger partial charge in [-0.2, -0.15) is 5.10 Å². The Kier molecular flexibility index (Phi) is 10.4. The van der Waals surface area contributed by atoms with Crippen molar-refractivity contribution in [3.8, 4) is 0 Å². The van der Waals surface area contributed by atoms with Gasteiger partial charge in [0.2, 0.25) is 0 Å². The molecule has 0 bridgehead atoms. The number of benzene rings is 2. The molecule has 0 aliphatic heterocycles. The van der Waals surface area contributed by atoms with Gasteiger partial charge in [0, 0.05) is 12.1 Å². The van der Waals surface area contributed by atoms with Crippen LogP contribution < -0.4 is 10.7 Å². The summed E-state index contributed by atoms with van der Waals surface area (Å²) in [4.78, 5) is 26.9. The molecule has 0 radical (unpaired) electrons. The average molecular weight is 427 g/mol. The van der Waals surface area contributed by atoms with Gasteiger partial charge in [-0.05, 0) is 62.2 Å². The number of nitrogens with one attached hydrogen (secondary N) is 2. The number of likely N-dealkylation sites (N-methyl/N-ethyl adjacent to an activating group) is 1. The lowest BCUT2D eigenvalue weighted by molar-refractivity contribution is -0.126. The molecule has 0 fully saturated rings. The molecule has 0 spiro atoms. The molecule has 0 aromatic heterocycles. The highest BCUT2D eigenvalue weighted by Crippen LogP contribution is 2.10. The fraction of sp³-hybridized carbons (Fsp3) is 0.375. The van der Waals surface area contributed by atoms with Gasteiger partial charge in [0.05, 0.1) is 12.3 Å². The molecule has 0 heterocycles. The van der Waals surface area contributed by atoms with Crippen LogP contribution in [0.2, 0.25) is 0 Å². The maximum atomic E-state index is 13.2. The fourth-order valence-electron chi connectivity index (χ4n) is 3.33. The normalized spacial score (nSPS) is 12.1. The third-order valence-electron chi connectivity index (χ3n) is 5.02. The second-order valence-electron chi connectivity index (χ2n) is 7.14. The van der Waals surface area contributed by atoms with Gasteiger partial charge in [-0.3, -0.25) is 14.5 Å². The molecule has 0 saturated carbocycles. The minimum Gasteiger partial charge on any atom is -0.352 e. The number of halogens is 1. The molecule has 0 aliphatic rings. The highest BCUT2D eigenvalue weighted by Gasteiger charge is 2.23. The lowest BCUT2D eigenvalue weighted by Crippen LogP contribution is -2.45. The van der Waals surface area contributed by atoms with Gasteiger partial charge in [-0.15, -0.1) is 0 Å². The van der Waals surface area contributed by atoms with Crippen molar-refractivity contribution in [1.29, 1.82) is 0 Å². The number of unbranched alkanes of at least 4 members (excludes halogenated alkanes) is 1. The Morgan fingerprint density at radius 1 is 1.06 bits per heavy atom. The predicted octanol–water partition coefficient (Wildman–Crippen LogP) is 3.59. The molecule has 2 aromatic carbocycles. The highest BCUT2D eigenvalue weighted by molar-refractivity contribution is 5.94. The number of nitrogens with zero attached hydrogens (tertiary/aromatic N) is 2. The van der Waals surface area contributed by atoms with Crippen molar-refractivity contribution < 1.29 is 14.0 Å². The second kappa shape index (κ2) is 13.3. The van der Waals surface area contributed by atoms with Gasteiger partial charge in [0.1, 0.15) is 5.82 Å². The molecule has 2 aromatic rings. The molecule has 1 atom stereocenters. The maximum Gasteiger partial charge on any atom is 0.257 e. The molecule has 2 rings (SSSR count). The topological polar surface area (TPSA) is 73.8 Å². The second-order valence-corrected chi connectivity index (χ2v) is 7.14. The van der Waals surface area contributed by atoms with Crippen molar-refractivity contribution in [2.45, 2.75) is 39.2 Å². The molecule has 0 saturated heterocycles. The van der Waals surface area contributed by atoms with Crippen molar-refractivity contribution in [1.82, 2.24) is 15.6 Å². The molecular weight excluding hydrogens is 395 g/mol. The van der Waals surface area contributed by atoms with E-state index in [1.54, 1.807) is 24.3 Å². The first-order chi connectivity index (χ1) is 15.0. The van der Waals surface area contributed by atoms with E-state index in [9.17, 15) is 14.0 Å². The number of amides is 2. The largest absolute Gasteiger partial charge is 0.352 e. The van der Waals surface area contributed by atoms with Crippen LogP contribution in [0.3, 0.4) is 0 Å². The van der Waals surface area contributed by atoms with E-state index in [0.717, 1.165) is 25.9 Å². The summed E-state index contributed by atoms with van der Waals surface area (Å²) in [5.41, 5.74) is 3.79. The third kappa shape index (κ3) is 8.30. The molecule has 6 nitrogen and oxygen atoms in total. The summed E-state index contributed by atoms with van der Waals surface area (Å²) in [6.45, 7) is 6.07. The van der Waals surface area contributed by atoms with E-state index in [2.05, 4.69) is 20.7 Å². The standard InChI is InChI=1S/C24H31FN4O2/c1-3-29(4-2)22(24(31)28-27-18-19-11-10-14-21(25)17-19)15-8-9-16-26-23(30)20-12-6-5-7-13-20/h5-7,10-14,17-18,22H,3-4,8-9,15-16H2,1-2H3,(H,26,30)(H,28,31)/b27-18+/t22-/m1/s1. The van der Waals surface area contributed by atoms with E-state index in [4.69, 9.17) is 0 Å². The van der Waals surface area contributed by atoms with Gasteiger partial charge < -0.3 is 5.32 Å². The fourth-order valence-corrected chi connectivity index (χ4v) is 3.33. The first-order valence-corrected chi connectivity index (χ1v) is 10.7. The van der Waals surface area contributed by atoms with Crippen LogP contribution in [0.4, 0.5) is 4.39 Å². The van der Waals surface area contributed by atoms with Crippen molar-refractivity contribution in [3.63, 3.8) is 0 Å². The van der Waals surface area contributed by atoms with Crippen molar-refractivity contribution >= 4 is 18.0 Å². The zero-order valence-corrected chi connectivity index (χ0v) is 18.2. The lowest BCUT2D eigenvalue weighted by atomic mass is 10.1. The zero-order valence-electron chi connectivity index (χ0n) is 18.2. The number of hydrazone groups is 1. The van der Waals surface area contributed by atoms with Crippen LogP contribution in [-0.4, -0.2) is 48.6 Å². The molecule has 7 heteroatoms. The predicted molar refractivity (Wildman–Crippen MR) is 121 cm³/mol. The van der Waals surface area contributed by atoms with Gasteiger partial charge in [0.15, 0.2) is 0 Å².